The lowest BCUT2D eigenvalue weighted by atomic mass is 10.2. The lowest BCUT2D eigenvalue weighted by molar-refractivity contribution is -0.115. The average Bonchev–Trinajstić information content (AvgIpc) is 3.20. The average molecular weight is 424 g/mol. The molecule has 1 amide bonds. The highest BCUT2D eigenvalue weighted by Crippen LogP contribution is 2.10. The van der Waals surface area contributed by atoms with Gasteiger partial charge in [-0.05, 0) is 43.7 Å². The van der Waals surface area contributed by atoms with Gasteiger partial charge in [-0.3, -0.25) is 20.4 Å². The summed E-state index contributed by atoms with van der Waals surface area (Å²) < 4.78 is 0. The minimum atomic E-state index is -0.331. The number of hydrogen-bond donors (Lipinski definition) is 3. The molecule has 0 fully saturated rings. The van der Waals surface area contributed by atoms with E-state index >= 15 is 0 Å². The monoisotopic (exact) mass is 423 g/mol. The van der Waals surface area contributed by atoms with Gasteiger partial charge >= 0.3 is 0 Å². The number of carbonyl (C=O) groups is 1. The maximum Gasteiger partial charge on any atom is 0.250 e. The van der Waals surface area contributed by atoms with Gasteiger partial charge in [0.05, 0.1) is 6.33 Å². The molecule has 2 heterocycles. The number of rotatable bonds is 6. The molecule has 0 aliphatic rings. The molecule has 8 nitrogen and oxygen atoms in total. The summed E-state index contributed by atoms with van der Waals surface area (Å²) in [6.45, 7) is 4.20. The summed E-state index contributed by atoms with van der Waals surface area (Å²) in [5, 5.41) is 6.38. The molecule has 0 spiro atoms. The summed E-state index contributed by atoms with van der Waals surface area (Å²) in [7, 11) is 0. The van der Waals surface area contributed by atoms with Gasteiger partial charge < -0.3 is 4.98 Å². The molecule has 30 heavy (non-hydrogen) atoms. The number of amides is 1. The van der Waals surface area contributed by atoms with Gasteiger partial charge in [0.15, 0.2) is 0 Å². The number of benzene rings is 1. The minimum Gasteiger partial charge on any atom is -0.348 e. The molecule has 0 saturated carbocycles. The van der Waals surface area contributed by atoms with Crippen molar-refractivity contribution in [2.24, 2.45) is 4.99 Å². The van der Waals surface area contributed by atoms with Crippen LogP contribution in [0.25, 0.3) is 6.08 Å². The van der Waals surface area contributed by atoms with E-state index in [0.717, 1.165) is 22.6 Å². The molecule has 154 valence electrons. The second-order valence-electron chi connectivity index (χ2n) is 6.53. The zero-order chi connectivity index (χ0) is 21.3. The Labute approximate surface area is 179 Å². The number of aromatic amines is 1. The fraction of sp³-hybridized carbons (Fsp3) is 0.190. The normalized spacial score (nSPS) is 11.6. The first kappa shape index (κ1) is 21.2. The van der Waals surface area contributed by atoms with E-state index in [4.69, 9.17) is 11.6 Å². The van der Waals surface area contributed by atoms with Crippen LogP contribution in [-0.4, -0.2) is 38.3 Å². The Kier molecular flexibility index (Phi) is 7.29. The summed E-state index contributed by atoms with van der Waals surface area (Å²) in [4.78, 5) is 32.6. The van der Waals surface area contributed by atoms with Crippen LogP contribution in [0.2, 0.25) is 5.02 Å². The van der Waals surface area contributed by atoms with Crippen molar-refractivity contribution >= 4 is 35.5 Å². The Hall–Kier alpha value is -3.52. The number of aliphatic imine (C=N–C) groups is 1. The number of aryl methyl sites for hydroxylation is 2. The highest BCUT2D eigenvalue weighted by molar-refractivity contribution is 6.30. The minimum absolute atomic E-state index is 0.269. The van der Waals surface area contributed by atoms with Crippen LogP contribution in [-0.2, 0) is 11.2 Å². The molecule has 1 aromatic carbocycles. The topological polar surface area (TPSA) is 108 Å². The van der Waals surface area contributed by atoms with Crippen molar-refractivity contribution in [1.29, 1.82) is 0 Å². The number of nitrogens with zero attached hydrogens (tertiary/aromatic N) is 4. The number of H-pyrrole nitrogens is 1. The highest BCUT2D eigenvalue weighted by atomic mass is 35.5. The van der Waals surface area contributed by atoms with E-state index < -0.39 is 0 Å². The van der Waals surface area contributed by atoms with Crippen LogP contribution in [0.4, 0.5) is 5.95 Å². The number of carbonyl (C=O) groups excluding carboxylic acids is 1. The van der Waals surface area contributed by atoms with Crippen molar-refractivity contribution in [3.8, 4) is 0 Å². The van der Waals surface area contributed by atoms with E-state index in [1.54, 1.807) is 30.7 Å². The molecule has 0 atom stereocenters. The van der Waals surface area contributed by atoms with E-state index in [9.17, 15) is 4.79 Å². The molecule has 3 aromatic rings. The van der Waals surface area contributed by atoms with Crippen molar-refractivity contribution in [1.82, 2.24) is 25.3 Å². The Morgan fingerprint density at radius 3 is 2.60 bits per heavy atom. The maximum absolute atomic E-state index is 12.4. The quantitative estimate of drug-likeness (QED) is 0.320. The van der Waals surface area contributed by atoms with Crippen LogP contribution >= 0.6 is 11.6 Å². The second kappa shape index (κ2) is 10.3. The summed E-state index contributed by atoms with van der Waals surface area (Å²) in [6.07, 6.45) is 7.13. The smallest absolute Gasteiger partial charge is 0.250 e. The second-order valence-corrected chi connectivity index (χ2v) is 6.97. The summed E-state index contributed by atoms with van der Waals surface area (Å²) in [6, 6.07) is 9.05. The highest BCUT2D eigenvalue weighted by Gasteiger charge is 2.07. The largest absolute Gasteiger partial charge is 0.348 e. The fourth-order valence-corrected chi connectivity index (χ4v) is 2.74. The molecule has 0 aliphatic heterocycles. The molecular weight excluding hydrogens is 402 g/mol. The number of nitrogens with one attached hydrogen (secondary N) is 3. The van der Waals surface area contributed by atoms with E-state index in [1.165, 1.54) is 6.08 Å². The summed E-state index contributed by atoms with van der Waals surface area (Å²) in [5.74, 6) is 0.308. The predicted molar refractivity (Wildman–Crippen MR) is 118 cm³/mol. The summed E-state index contributed by atoms with van der Waals surface area (Å²) in [5.41, 5.74) is 3.44. The number of halogens is 1. The van der Waals surface area contributed by atoms with Gasteiger partial charge in [0, 0.05) is 47.3 Å². The molecule has 0 bridgehead atoms. The number of guanidine groups is 1. The SMILES string of the molecule is Cc1cc(C)nc(NC(=NCCc2cnc[nH]2)NC(=O)/C=C/c2ccc(Cl)cc2)n1. The van der Waals surface area contributed by atoms with Gasteiger partial charge in [-0.2, -0.15) is 0 Å². The van der Waals surface area contributed by atoms with Crippen molar-refractivity contribution in [2.75, 3.05) is 11.9 Å². The van der Waals surface area contributed by atoms with Gasteiger partial charge in [0.2, 0.25) is 11.9 Å². The van der Waals surface area contributed by atoms with Gasteiger partial charge in [0.1, 0.15) is 0 Å². The van der Waals surface area contributed by atoms with Crippen molar-refractivity contribution in [3.63, 3.8) is 0 Å². The van der Waals surface area contributed by atoms with Crippen molar-refractivity contribution < 1.29 is 4.79 Å². The molecule has 3 rings (SSSR count). The molecule has 3 N–H and O–H groups in total. The third kappa shape index (κ3) is 6.82. The van der Waals surface area contributed by atoms with Crippen LogP contribution in [0.1, 0.15) is 22.6 Å². The van der Waals surface area contributed by atoms with Gasteiger partial charge in [-0.1, -0.05) is 23.7 Å². The first-order valence-electron chi connectivity index (χ1n) is 9.33. The van der Waals surface area contributed by atoms with Gasteiger partial charge in [0.25, 0.3) is 5.91 Å². The van der Waals surface area contributed by atoms with Crippen LogP contribution in [0.15, 0.2) is 53.9 Å². The zero-order valence-corrected chi connectivity index (χ0v) is 17.4. The third-order valence-electron chi connectivity index (χ3n) is 3.96. The lowest BCUT2D eigenvalue weighted by Crippen LogP contribution is -2.35. The Morgan fingerprint density at radius 1 is 1.20 bits per heavy atom. The molecule has 9 heteroatoms. The van der Waals surface area contributed by atoms with E-state index in [1.807, 2.05) is 32.0 Å². The number of anilines is 1. The fourth-order valence-electron chi connectivity index (χ4n) is 2.61. The predicted octanol–water partition coefficient (Wildman–Crippen LogP) is 3.31. The van der Waals surface area contributed by atoms with E-state index in [-0.39, 0.29) is 11.9 Å². The lowest BCUT2D eigenvalue weighted by Gasteiger charge is -2.10. The van der Waals surface area contributed by atoms with Crippen LogP contribution in [0.5, 0.6) is 0 Å². The Morgan fingerprint density at radius 2 is 1.93 bits per heavy atom. The third-order valence-corrected chi connectivity index (χ3v) is 4.21. The number of hydrogen-bond acceptors (Lipinski definition) is 5. The Bertz CT molecular complexity index is 1020. The zero-order valence-electron chi connectivity index (χ0n) is 16.7. The van der Waals surface area contributed by atoms with E-state index in [2.05, 4.69) is 35.6 Å². The molecular formula is C21H22ClN7O. The first-order chi connectivity index (χ1) is 14.5. The van der Waals surface area contributed by atoms with Crippen molar-refractivity contribution in [3.05, 3.63) is 76.6 Å². The first-order valence-corrected chi connectivity index (χ1v) is 9.71. The molecule has 0 aliphatic carbocycles. The van der Waals surface area contributed by atoms with Crippen LogP contribution in [0, 0.1) is 13.8 Å². The molecule has 0 radical (unpaired) electrons. The number of aromatic nitrogens is 4. The number of imidazole rings is 1. The standard InChI is InChI=1S/C21H22ClN7O/c1-14-11-15(2)27-21(26-14)29-20(24-10-9-18-12-23-13-25-18)28-19(30)8-5-16-3-6-17(22)7-4-16/h3-8,11-13H,9-10H2,1-2H3,(H,23,25)(H2,24,26,27,28,29,30)/b8-5+. The van der Waals surface area contributed by atoms with Crippen molar-refractivity contribution in [2.45, 2.75) is 20.3 Å². The van der Waals surface area contributed by atoms with Gasteiger partial charge in [-0.15, -0.1) is 0 Å². The molecule has 0 unspecified atom stereocenters. The van der Waals surface area contributed by atoms with Crippen LogP contribution in [0.3, 0.4) is 0 Å². The van der Waals surface area contributed by atoms with E-state index in [0.29, 0.717) is 23.9 Å². The molecule has 2 aromatic heterocycles. The summed E-state index contributed by atoms with van der Waals surface area (Å²) >= 11 is 5.88. The molecule has 0 saturated heterocycles. The Balaban J connectivity index is 1.70. The maximum atomic E-state index is 12.4. The van der Waals surface area contributed by atoms with Crippen LogP contribution < -0.4 is 10.6 Å². The van der Waals surface area contributed by atoms with Gasteiger partial charge in [-0.25, -0.2) is 15.0 Å².